The van der Waals surface area contributed by atoms with Crippen LogP contribution in [-0.2, 0) is 11.3 Å². The molecule has 1 aliphatic heterocycles. The van der Waals surface area contributed by atoms with E-state index >= 15 is 0 Å². The van der Waals surface area contributed by atoms with Gasteiger partial charge in [0.2, 0.25) is 5.95 Å². The average Bonchev–Trinajstić information content (AvgIpc) is 3.32. The number of nitrogens with one attached hydrogen (secondary N) is 3. The molecule has 1 amide bonds. The largest absolute Gasteiger partial charge is 0.495 e. The van der Waals surface area contributed by atoms with E-state index in [4.69, 9.17) is 14.5 Å². The summed E-state index contributed by atoms with van der Waals surface area (Å²) in [5, 5.41) is 23.5. The van der Waals surface area contributed by atoms with Crippen LogP contribution < -0.4 is 20.7 Å². The summed E-state index contributed by atoms with van der Waals surface area (Å²) in [6, 6.07) is 2.07. The number of carbonyl (C=O) groups excluding carboxylic acids is 1. The Morgan fingerprint density at radius 2 is 2.05 bits per heavy atom. The van der Waals surface area contributed by atoms with Crippen molar-refractivity contribution in [3.63, 3.8) is 0 Å². The number of amides is 1. The van der Waals surface area contributed by atoms with Gasteiger partial charge in [-0.05, 0) is 56.3 Å². The van der Waals surface area contributed by atoms with Crippen molar-refractivity contribution in [2.75, 3.05) is 44.5 Å². The zero-order valence-electron chi connectivity index (χ0n) is 21.7. The van der Waals surface area contributed by atoms with E-state index < -0.39 is 6.09 Å². The summed E-state index contributed by atoms with van der Waals surface area (Å²) in [7, 11) is 2.93. The smallest absolute Gasteiger partial charge is 0.413 e. The number of rotatable bonds is 11. The number of aromatic nitrogens is 5. The average molecular weight is 513 g/mol. The number of hydrogen-bond donors (Lipinski definition) is 4. The summed E-state index contributed by atoms with van der Waals surface area (Å²) in [6.45, 7) is 4.49. The van der Waals surface area contributed by atoms with Gasteiger partial charge in [-0.1, -0.05) is 13.3 Å². The van der Waals surface area contributed by atoms with Crippen LogP contribution in [0.25, 0.3) is 11.0 Å². The highest BCUT2D eigenvalue weighted by Gasteiger charge is 2.21. The van der Waals surface area contributed by atoms with Crippen molar-refractivity contribution in [3.8, 4) is 5.75 Å². The van der Waals surface area contributed by atoms with Gasteiger partial charge >= 0.3 is 6.09 Å². The molecule has 12 heteroatoms. The van der Waals surface area contributed by atoms with Gasteiger partial charge in [-0.15, -0.1) is 0 Å². The Bertz CT molecular complexity index is 1190. The topological polar surface area (TPSA) is 148 Å². The highest BCUT2D eigenvalue weighted by molar-refractivity contribution is 5.89. The second-order valence-corrected chi connectivity index (χ2v) is 9.13. The fourth-order valence-electron chi connectivity index (χ4n) is 4.71. The molecule has 1 saturated heterocycles. The number of ether oxygens (including phenoxy) is 2. The number of nitrogens with zero attached hydrogens (tertiary/aromatic N) is 5. The third-order valence-corrected chi connectivity index (χ3v) is 6.62. The molecule has 12 nitrogen and oxygen atoms in total. The molecule has 1 atom stereocenters. The quantitative estimate of drug-likeness (QED) is 0.302. The Labute approximate surface area is 216 Å². The van der Waals surface area contributed by atoms with Crippen LogP contribution in [0.5, 0.6) is 5.75 Å². The molecule has 0 bridgehead atoms. The number of aliphatic hydroxyl groups excluding tert-OH is 1. The number of fused-ring (bicyclic) bond motifs is 1. The van der Waals surface area contributed by atoms with Gasteiger partial charge in [0.25, 0.3) is 0 Å². The van der Waals surface area contributed by atoms with Crippen molar-refractivity contribution in [3.05, 3.63) is 29.7 Å². The second-order valence-electron chi connectivity index (χ2n) is 9.13. The van der Waals surface area contributed by atoms with Crippen molar-refractivity contribution in [1.82, 2.24) is 30.0 Å². The monoisotopic (exact) mass is 512 g/mol. The van der Waals surface area contributed by atoms with Crippen LogP contribution in [0, 0.1) is 0 Å². The van der Waals surface area contributed by atoms with Gasteiger partial charge in [0.15, 0.2) is 5.82 Å². The van der Waals surface area contributed by atoms with Gasteiger partial charge in [-0.25, -0.2) is 9.78 Å². The lowest BCUT2D eigenvalue weighted by Crippen LogP contribution is -2.26. The first kappa shape index (κ1) is 26.6. The van der Waals surface area contributed by atoms with Gasteiger partial charge < -0.3 is 25.2 Å². The Kier molecular flexibility index (Phi) is 9.07. The van der Waals surface area contributed by atoms with Crippen molar-refractivity contribution in [2.24, 2.45) is 0 Å². The molecule has 37 heavy (non-hydrogen) atoms. The summed E-state index contributed by atoms with van der Waals surface area (Å²) in [6.07, 6.45) is 7.38. The maximum atomic E-state index is 11.8. The third-order valence-electron chi connectivity index (χ3n) is 6.62. The third kappa shape index (κ3) is 6.44. The SMILES string of the molecule is CCC[C@@H](CCO)Nc1nc(NC(=O)OC)nc2cnn(Cc3ncc(C4CCNCC4)cc3OC)c12. The van der Waals surface area contributed by atoms with Crippen molar-refractivity contribution >= 4 is 28.9 Å². The number of piperidine rings is 1. The van der Waals surface area contributed by atoms with Crippen LogP contribution >= 0.6 is 0 Å². The Hall–Kier alpha value is -3.51. The number of aliphatic hydroxyl groups is 1. The van der Waals surface area contributed by atoms with Crippen molar-refractivity contribution in [2.45, 2.75) is 57.5 Å². The van der Waals surface area contributed by atoms with Gasteiger partial charge in [-0.3, -0.25) is 15.0 Å². The van der Waals surface area contributed by atoms with E-state index in [1.54, 1.807) is 18.0 Å². The van der Waals surface area contributed by atoms with Crippen LogP contribution in [0.15, 0.2) is 18.5 Å². The van der Waals surface area contributed by atoms with Crippen LogP contribution in [0.2, 0.25) is 0 Å². The standard InChI is InChI=1S/C25H36N8O4/c1-4-5-18(8-11-34)29-23-22-19(30-24(31-23)32-25(35)37-3)14-28-33(22)15-20-21(36-2)12-17(13-27-20)16-6-9-26-10-7-16/h12-14,16,18,26,34H,4-11,15H2,1-3H3,(H2,29,30,31,32,35)/t18-/m0/s1. The number of carbonyl (C=O) groups is 1. The van der Waals surface area contributed by atoms with E-state index in [1.807, 2.05) is 6.20 Å². The van der Waals surface area contributed by atoms with Crippen molar-refractivity contribution in [1.29, 1.82) is 0 Å². The lowest BCUT2D eigenvalue weighted by Gasteiger charge is -2.23. The molecule has 0 spiro atoms. The van der Waals surface area contributed by atoms with Crippen LogP contribution in [-0.4, -0.2) is 75.9 Å². The normalized spacial score (nSPS) is 14.9. The van der Waals surface area contributed by atoms with E-state index in [2.05, 4.69) is 44.0 Å². The summed E-state index contributed by atoms with van der Waals surface area (Å²) < 4.78 is 12.2. The molecule has 0 saturated carbocycles. The molecule has 0 radical (unpaired) electrons. The van der Waals surface area contributed by atoms with E-state index in [0.717, 1.165) is 44.5 Å². The summed E-state index contributed by atoms with van der Waals surface area (Å²) in [4.78, 5) is 25.6. The van der Waals surface area contributed by atoms with Crippen LogP contribution in [0.1, 0.15) is 56.2 Å². The summed E-state index contributed by atoms with van der Waals surface area (Å²) >= 11 is 0. The van der Waals surface area contributed by atoms with E-state index in [0.29, 0.717) is 41.5 Å². The van der Waals surface area contributed by atoms with Gasteiger partial charge in [-0.2, -0.15) is 10.1 Å². The van der Waals surface area contributed by atoms with E-state index in [-0.39, 0.29) is 18.6 Å². The molecule has 4 heterocycles. The zero-order chi connectivity index (χ0) is 26.2. The predicted molar refractivity (Wildman–Crippen MR) is 140 cm³/mol. The molecule has 4 N–H and O–H groups in total. The fourth-order valence-corrected chi connectivity index (χ4v) is 4.71. The molecule has 0 aromatic carbocycles. The van der Waals surface area contributed by atoms with Crippen molar-refractivity contribution < 1.29 is 19.4 Å². The van der Waals surface area contributed by atoms with E-state index in [1.165, 1.54) is 12.7 Å². The minimum Gasteiger partial charge on any atom is -0.495 e. The predicted octanol–water partition coefficient (Wildman–Crippen LogP) is 2.89. The molecule has 1 aliphatic rings. The second kappa shape index (κ2) is 12.6. The Morgan fingerprint density at radius 3 is 2.76 bits per heavy atom. The highest BCUT2D eigenvalue weighted by Crippen LogP contribution is 2.30. The molecule has 3 aromatic heterocycles. The molecular weight excluding hydrogens is 476 g/mol. The number of pyridine rings is 1. The molecule has 0 aliphatic carbocycles. The first-order valence-electron chi connectivity index (χ1n) is 12.8. The van der Waals surface area contributed by atoms with Gasteiger partial charge in [0.05, 0.1) is 27.0 Å². The highest BCUT2D eigenvalue weighted by atomic mass is 16.5. The molecule has 0 unspecified atom stereocenters. The van der Waals surface area contributed by atoms with Crippen LogP contribution in [0.4, 0.5) is 16.6 Å². The summed E-state index contributed by atoms with van der Waals surface area (Å²) in [5.74, 6) is 1.78. The fraction of sp³-hybridized carbons (Fsp3) is 0.560. The molecule has 4 rings (SSSR count). The Morgan fingerprint density at radius 1 is 1.24 bits per heavy atom. The number of methoxy groups -OCH3 is 2. The first-order valence-corrected chi connectivity index (χ1v) is 12.8. The maximum Gasteiger partial charge on any atom is 0.413 e. The minimum absolute atomic E-state index is 0.0145. The molecule has 200 valence electrons. The number of anilines is 2. The molecular formula is C25H36N8O4. The lowest BCUT2D eigenvalue weighted by molar-refractivity contribution is 0.186. The summed E-state index contributed by atoms with van der Waals surface area (Å²) in [5.41, 5.74) is 3.14. The van der Waals surface area contributed by atoms with E-state index in [9.17, 15) is 9.90 Å². The minimum atomic E-state index is -0.666. The number of hydrogen-bond acceptors (Lipinski definition) is 10. The van der Waals surface area contributed by atoms with Gasteiger partial charge in [0, 0.05) is 18.8 Å². The van der Waals surface area contributed by atoms with Gasteiger partial charge in [0.1, 0.15) is 22.5 Å². The first-order chi connectivity index (χ1) is 18.1. The molecule has 3 aromatic rings. The molecule has 1 fully saturated rings. The Balaban J connectivity index is 1.69. The zero-order valence-corrected chi connectivity index (χ0v) is 21.7. The lowest BCUT2D eigenvalue weighted by atomic mass is 9.91. The van der Waals surface area contributed by atoms with Crippen LogP contribution in [0.3, 0.4) is 0 Å². The maximum absolute atomic E-state index is 11.8.